The van der Waals surface area contributed by atoms with Gasteiger partial charge in [-0.25, -0.2) is 0 Å². The molecule has 1 aromatic rings. The molecule has 112 valence electrons. The van der Waals surface area contributed by atoms with Gasteiger partial charge in [0.25, 0.3) is 0 Å². The van der Waals surface area contributed by atoms with E-state index < -0.39 is 0 Å². The first-order valence-corrected chi connectivity index (χ1v) is 7.99. The average Bonchev–Trinajstić information content (AvgIpc) is 2.42. The van der Waals surface area contributed by atoms with Gasteiger partial charge in [-0.05, 0) is 56.7 Å². The fourth-order valence-electron chi connectivity index (χ4n) is 3.26. The second-order valence-corrected chi connectivity index (χ2v) is 6.79. The summed E-state index contributed by atoms with van der Waals surface area (Å²) in [5.74, 6) is 1.11. The van der Waals surface area contributed by atoms with Gasteiger partial charge in [0.1, 0.15) is 0 Å². The van der Waals surface area contributed by atoms with E-state index in [1.54, 1.807) is 0 Å². The number of rotatable bonds is 4. The van der Waals surface area contributed by atoms with Crippen LogP contribution in [-0.4, -0.2) is 29.7 Å². The summed E-state index contributed by atoms with van der Waals surface area (Å²) in [4.78, 5) is 2.31. The molecule has 0 saturated heterocycles. The van der Waals surface area contributed by atoms with E-state index >= 15 is 0 Å². The van der Waals surface area contributed by atoms with Crippen molar-refractivity contribution < 1.29 is 5.11 Å². The van der Waals surface area contributed by atoms with Crippen LogP contribution in [-0.2, 0) is 0 Å². The molecule has 1 fully saturated rings. The number of hydrogen-bond acceptors (Lipinski definition) is 2. The zero-order valence-corrected chi connectivity index (χ0v) is 13.5. The molecule has 0 aromatic heterocycles. The summed E-state index contributed by atoms with van der Waals surface area (Å²) in [6, 6.07) is 8.30. The molecule has 3 heteroatoms. The summed E-state index contributed by atoms with van der Waals surface area (Å²) in [7, 11) is 2.12. The maximum Gasteiger partial charge on any atom is 0.0580 e. The molecule has 1 N–H and O–H groups in total. The molecule has 4 atom stereocenters. The number of aliphatic hydroxyl groups excluding tert-OH is 1. The van der Waals surface area contributed by atoms with Crippen LogP contribution in [0.15, 0.2) is 24.3 Å². The number of benzene rings is 1. The maximum absolute atomic E-state index is 10.2. The van der Waals surface area contributed by atoms with E-state index in [9.17, 15) is 5.11 Å². The van der Waals surface area contributed by atoms with Crippen LogP contribution in [0.1, 0.15) is 44.7 Å². The van der Waals surface area contributed by atoms with Crippen molar-refractivity contribution in [2.75, 3.05) is 13.6 Å². The minimum absolute atomic E-state index is 0.146. The van der Waals surface area contributed by atoms with E-state index in [1.165, 1.54) is 0 Å². The van der Waals surface area contributed by atoms with Gasteiger partial charge in [0.15, 0.2) is 0 Å². The van der Waals surface area contributed by atoms with Gasteiger partial charge in [0, 0.05) is 17.6 Å². The van der Waals surface area contributed by atoms with Crippen molar-refractivity contribution >= 4 is 11.6 Å². The van der Waals surface area contributed by atoms with Crippen LogP contribution in [0.2, 0.25) is 5.02 Å². The van der Waals surface area contributed by atoms with E-state index in [2.05, 4.69) is 31.9 Å². The molecular weight excluding hydrogens is 270 g/mol. The van der Waals surface area contributed by atoms with Crippen molar-refractivity contribution in [1.29, 1.82) is 0 Å². The molecule has 4 unspecified atom stereocenters. The largest absolute Gasteiger partial charge is 0.393 e. The SMILES string of the molecule is CC1CCC(O)C(CN(C)C(C)c2ccccc2Cl)C1. The van der Waals surface area contributed by atoms with Crippen molar-refractivity contribution in [1.82, 2.24) is 4.90 Å². The van der Waals surface area contributed by atoms with Gasteiger partial charge in [0.05, 0.1) is 6.10 Å². The van der Waals surface area contributed by atoms with Crippen LogP contribution in [0.5, 0.6) is 0 Å². The summed E-state index contributed by atoms with van der Waals surface area (Å²) in [6.45, 7) is 5.40. The molecule has 0 amide bonds. The van der Waals surface area contributed by atoms with Gasteiger partial charge in [-0.3, -0.25) is 4.90 Å². The summed E-state index contributed by atoms with van der Waals surface area (Å²) in [5, 5.41) is 11.0. The molecule has 0 radical (unpaired) electrons. The quantitative estimate of drug-likeness (QED) is 0.903. The molecule has 1 aliphatic rings. The molecule has 0 heterocycles. The Morgan fingerprint density at radius 2 is 2.05 bits per heavy atom. The first-order chi connectivity index (χ1) is 9.49. The van der Waals surface area contributed by atoms with Crippen LogP contribution >= 0.6 is 11.6 Å². The third-order valence-electron chi connectivity index (χ3n) is 4.74. The Bertz CT molecular complexity index is 437. The lowest BCUT2D eigenvalue weighted by Crippen LogP contribution is -2.38. The average molecular weight is 296 g/mol. The van der Waals surface area contributed by atoms with Crippen LogP contribution in [0.3, 0.4) is 0 Å². The standard InChI is InChI=1S/C17H26ClNO/c1-12-8-9-17(20)14(10-12)11-19(3)13(2)15-6-4-5-7-16(15)18/h4-7,12-14,17,20H,8-11H2,1-3H3. The fraction of sp³-hybridized carbons (Fsp3) is 0.647. The molecule has 1 saturated carbocycles. The normalized spacial score (nSPS) is 28.6. The zero-order valence-electron chi connectivity index (χ0n) is 12.7. The lowest BCUT2D eigenvalue weighted by Gasteiger charge is -2.36. The van der Waals surface area contributed by atoms with Gasteiger partial charge in [-0.15, -0.1) is 0 Å². The molecule has 0 aliphatic heterocycles. The second kappa shape index (κ2) is 6.93. The van der Waals surface area contributed by atoms with Crippen molar-refractivity contribution in [3.8, 4) is 0 Å². The van der Waals surface area contributed by atoms with Gasteiger partial charge in [-0.2, -0.15) is 0 Å². The molecular formula is C17H26ClNO. The predicted octanol–water partition coefficient (Wildman–Crippen LogP) is 4.13. The highest BCUT2D eigenvalue weighted by molar-refractivity contribution is 6.31. The van der Waals surface area contributed by atoms with E-state index in [0.29, 0.717) is 5.92 Å². The third kappa shape index (κ3) is 3.75. The number of halogens is 1. The first kappa shape index (κ1) is 15.8. The molecule has 1 aliphatic carbocycles. The Morgan fingerprint density at radius 3 is 2.75 bits per heavy atom. The number of nitrogens with zero attached hydrogens (tertiary/aromatic N) is 1. The Labute approximate surface area is 127 Å². The van der Waals surface area contributed by atoms with Gasteiger partial charge in [-0.1, -0.05) is 36.7 Å². The minimum Gasteiger partial charge on any atom is -0.393 e. The summed E-state index contributed by atoms with van der Waals surface area (Å²) in [6.07, 6.45) is 3.08. The Hall–Kier alpha value is -0.570. The molecule has 20 heavy (non-hydrogen) atoms. The van der Waals surface area contributed by atoms with Gasteiger partial charge >= 0.3 is 0 Å². The van der Waals surface area contributed by atoms with E-state index in [0.717, 1.165) is 42.3 Å². The topological polar surface area (TPSA) is 23.5 Å². The van der Waals surface area contributed by atoms with Crippen LogP contribution < -0.4 is 0 Å². The van der Waals surface area contributed by atoms with Crippen molar-refractivity contribution in [3.05, 3.63) is 34.9 Å². The monoisotopic (exact) mass is 295 g/mol. The fourth-order valence-corrected chi connectivity index (χ4v) is 3.55. The van der Waals surface area contributed by atoms with Gasteiger partial charge < -0.3 is 5.11 Å². The Morgan fingerprint density at radius 1 is 1.35 bits per heavy atom. The van der Waals surface area contributed by atoms with Crippen molar-refractivity contribution in [3.63, 3.8) is 0 Å². The number of hydrogen-bond donors (Lipinski definition) is 1. The Balaban J connectivity index is 2.00. The summed E-state index contributed by atoms with van der Waals surface area (Å²) < 4.78 is 0. The first-order valence-electron chi connectivity index (χ1n) is 7.61. The van der Waals surface area contributed by atoms with Crippen LogP contribution in [0.4, 0.5) is 0 Å². The van der Waals surface area contributed by atoms with Crippen LogP contribution in [0.25, 0.3) is 0 Å². The third-order valence-corrected chi connectivity index (χ3v) is 5.09. The van der Waals surface area contributed by atoms with E-state index in [4.69, 9.17) is 11.6 Å². The molecule has 2 nitrogen and oxygen atoms in total. The molecule has 1 aromatic carbocycles. The van der Waals surface area contributed by atoms with Gasteiger partial charge in [0.2, 0.25) is 0 Å². The molecule has 2 rings (SSSR count). The van der Waals surface area contributed by atoms with E-state index in [-0.39, 0.29) is 12.1 Å². The minimum atomic E-state index is -0.146. The summed E-state index contributed by atoms with van der Waals surface area (Å²) >= 11 is 6.28. The van der Waals surface area contributed by atoms with Crippen molar-refractivity contribution in [2.24, 2.45) is 11.8 Å². The lowest BCUT2D eigenvalue weighted by atomic mass is 9.80. The van der Waals surface area contributed by atoms with Crippen molar-refractivity contribution in [2.45, 2.75) is 45.3 Å². The summed E-state index contributed by atoms with van der Waals surface area (Å²) in [5.41, 5.74) is 1.16. The Kier molecular flexibility index (Phi) is 5.48. The molecule has 0 spiro atoms. The highest BCUT2D eigenvalue weighted by Crippen LogP contribution is 2.32. The highest BCUT2D eigenvalue weighted by atomic mass is 35.5. The number of aliphatic hydroxyl groups is 1. The smallest absolute Gasteiger partial charge is 0.0580 e. The second-order valence-electron chi connectivity index (χ2n) is 6.38. The van der Waals surface area contributed by atoms with E-state index in [1.807, 2.05) is 18.2 Å². The molecule has 0 bridgehead atoms. The maximum atomic E-state index is 10.2. The zero-order chi connectivity index (χ0) is 14.7. The van der Waals surface area contributed by atoms with Crippen LogP contribution in [0, 0.1) is 11.8 Å². The highest BCUT2D eigenvalue weighted by Gasteiger charge is 2.29. The predicted molar refractivity (Wildman–Crippen MR) is 85.0 cm³/mol. The lowest BCUT2D eigenvalue weighted by molar-refractivity contribution is 0.0289.